The van der Waals surface area contributed by atoms with Crippen molar-refractivity contribution in [1.82, 2.24) is 0 Å². The zero-order chi connectivity index (χ0) is 20.9. The van der Waals surface area contributed by atoms with Gasteiger partial charge in [-0.3, -0.25) is 4.79 Å². The van der Waals surface area contributed by atoms with Gasteiger partial charge in [0.15, 0.2) is 5.96 Å². The van der Waals surface area contributed by atoms with Crippen LogP contribution < -0.4 is 25.8 Å². The van der Waals surface area contributed by atoms with Crippen LogP contribution in [0.15, 0.2) is 47.5 Å². The highest BCUT2D eigenvalue weighted by molar-refractivity contribution is 5.94. The number of fused-ring (bicyclic) bond motifs is 1. The number of hydrogen-bond donors (Lipinski definition) is 3. The first-order valence-electron chi connectivity index (χ1n) is 8.77. The van der Waals surface area contributed by atoms with E-state index in [4.69, 9.17) is 10.5 Å². The van der Waals surface area contributed by atoms with E-state index in [0.29, 0.717) is 24.3 Å². The number of amides is 1. The van der Waals surface area contributed by atoms with Crippen LogP contribution in [0.25, 0.3) is 0 Å². The number of carbonyl (C=O) groups is 1. The van der Waals surface area contributed by atoms with Crippen LogP contribution in [0.1, 0.15) is 12.0 Å². The molecule has 154 valence electrons. The Morgan fingerprint density at radius 1 is 1.14 bits per heavy atom. The minimum absolute atomic E-state index is 0.00555. The second-order valence-corrected chi connectivity index (χ2v) is 6.18. The van der Waals surface area contributed by atoms with Crippen molar-refractivity contribution in [1.29, 1.82) is 0 Å². The van der Waals surface area contributed by atoms with Gasteiger partial charge < -0.3 is 25.8 Å². The Kier molecular flexibility index (Phi) is 6.10. The Hall–Kier alpha value is -3.43. The summed E-state index contributed by atoms with van der Waals surface area (Å²) >= 11 is 0. The zero-order valence-corrected chi connectivity index (χ0v) is 15.3. The summed E-state index contributed by atoms with van der Waals surface area (Å²) in [6.07, 6.45) is -3.62. The molecule has 2 aromatic rings. The van der Waals surface area contributed by atoms with Crippen molar-refractivity contribution in [3.05, 3.63) is 48.0 Å². The highest BCUT2D eigenvalue weighted by Crippen LogP contribution is 2.27. The fraction of sp³-hybridized carbons (Fsp3) is 0.263. The molecule has 0 radical (unpaired) electrons. The van der Waals surface area contributed by atoms with Gasteiger partial charge in [-0.25, -0.2) is 4.99 Å². The summed E-state index contributed by atoms with van der Waals surface area (Å²) < 4.78 is 45.9. The lowest BCUT2D eigenvalue weighted by Gasteiger charge is -2.17. The molecule has 0 bridgehead atoms. The molecule has 3 rings (SSSR count). The lowest BCUT2D eigenvalue weighted by Crippen LogP contribution is -2.23. The fourth-order valence-corrected chi connectivity index (χ4v) is 2.71. The van der Waals surface area contributed by atoms with Gasteiger partial charge in [-0.2, -0.15) is 0 Å². The van der Waals surface area contributed by atoms with Gasteiger partial charge in [-0.1, -0.05) is 0 Å². The Balaban J connectivity index is 1.45. The summed E-state index contributed by atoms with van der Waals surface area (Å²) in [5.41, 5.74) is 8.05. The molecule has 4 N–H and O–H groups in total. The number of aliphatic imine (C=N–C) groups is 1. The lowest BCUT2D eigenvalue weighted by atomic mass is 10.0. The van der Waals surface area contributed by atoms with Crippen molar-refractivity contribution in [2.45, 2.75) is 19.2 Å². The molecule has 0 aromatic heterocycles. The van der Waals surface area contributed by atoms with Crippen molar-refractivity contribution in [3.63, 3.8) is 0 Å². The molecule has 1 aliphatic heterocycles. The second kappa shape index (κ2) is 8.72. The summed E-state index contributed by atoms with van der Waals surface area (Å²) in [7, 11) is 0. The zero-order valence-electron chi connectivity index (χ0n) is 15.3. The number of nitrogens with one attached hydrogen (secondary N) is 2. The molecular formula is C19H19F3N4O3. The number of anilines is 2. The maximum Gasteiger partial charge on any atom is 0.573 e. The number of nitrogens with zero attached hydrogens (tertiary/aromatic N) is 1. The van der Waals surface area contributed by atoms with Crippen molar-refractivity contribution in [3.8, 4) is 11.5 Å². The first-order chi connectivity index (χ1) is 13.8. The maximum atomic E-state index is 12.1. The minimum Gasteiger partial charge on any atom is -0.492 e. The maximum absolute atomic E-state index is 12.1. The summed E-state index contributed by atoms with van der Waals surface area (Å²) in [6.45, 7) is 0.563. The molecule has 0 saturated heterocycles. The SMILES string of the molecule is NC(=NCCOc1ccc2c(c1)CCC(=O)N2)Nc1ccc(OC(F)(F)F)cc1. The Labute approximate surface area is 164 Å². The molecule has 0 saturated carbocycles. The molecule has 0 atom stereocenters. The molecule has 0 unspecified atom stereocenters. The molecular weight excluding hydrogens is 389 g/mol. The molecule has 1 aliphatic rings. The number of rotatable bonds is 6. The Bertz CT molecular complexity index is 899. The van der Waals surface area contributed by atoms with Gasteiger partial charge in [0, 0.05) is 17.8 Å². The summed E-state index contributed by atoms with van der Waals surface area (Å²) in [6, 6.07) is 10.6. The molecule has 1 amide bonds. The van der Waals surface area contributed by atoms with Crippen LogP contribution >= 0.6 is 0 Å². The normalized spacial score (nSPS) is 14.0. The lowest BCUT2D eigenvalue weighted by molar-refractivity contribution is -0.274. The quantitative estimate of drug-likeness (QED) is 0.387. The Morgan fingerprint density at radius 2 is 1.86 bits per heavy atom. The number of hydrogen-bond acceptors (Lipinski definition) is 4. The third-order valence-electron chi connectivity index (χ3n) is 3.97. The van der Waals surface area contributed by atoms with Gasteiger partial charge >= 0.3 is 6.36 Å². The molecule has 10 heteroatoms. The largest absolute Gasteiger partial charge is 0.573 e. The highest BCUT2D eigenvalue weighted by atomic mass is 19.4. The van der Waals surface area contributed by atoms with E-state index in [-0.39, 0.29) is 30.8 Å². The first kappa shape index (κ1) is 20.3. The van der Waals surface area contributed by atoms with Gasteiger partial charge in [0.2, 0.25) is 5.91 Å². The smallest absolute Gasteiger partial charge is 0.492 e. The van der Waals surface area contributed by atoms with E-state index in [0.717, 1.165) is 11.3 Å². The predicted molar refractivity (Wildman–Crippen MR) is 102 cm³/mol. The minimum atomic E-state index is -4.73. The molecule has 0 aliphatic carbocycles. The summed E-state index contributed by atoms with van der Waals surface area (Å²) in [5.74, 6) is 0.454. The van der Waals surface area contributed by atoms with Crippen LogP contribution in [0.4, 0.5) is 24.5 Å². The standard InChI is InChI=1S/C19H19F3N4O3/c20-19(21,22)29-14-4-2-13(3-5-14)25-18(23)24-9-10-28-15-6-7-16-12(11-15)1-8-17(27)26-16/h2-7,11H,1,8-10H2,(H,26,27)(H3,23,24,25). The number of alkyl halides is 3. The molecule has 29 heavy (non-hydrogen) atoms. The molecule has 7 nitrogen and oxygen atoms in total. The topological polar surface area (TPSA) is 98.0 Å². The van der Waals surface area contributed by atoms with Crippen molar-refractivity contribution in [2.24, 2.45) is 10.7 Å². The van der Waals surface area contributed by atoms with Crippen LogP contribution in [0.3, 0.4) is 0 Å². The van der Waals surface area contributed by atoms with Crippen LogP contribution in [0.5, 0.6) is 11.5 Å². The number of ether oxygens (including phenoxy) is 2. The molecule has 0 spiro atoms. The van der Waals surface area contributed by atoms with E-state index in [1.807, 2.05) is 6.07 Å². The van der Waals surface area contributed by atoms with Crippen LogP contribution in [-0.4, -0.2) is 31.4 Å². The molecule has 2 aromatic carbocycles. The predicted octanol–water partition coefficient (Wildman–Crippen LogP) is 3.28. The van der Waals surface area contributed by atoms with Gasteiger partial charge in [-0.15, -0.1) is 13.2 Å². The van der Waals surface area contributed by atoms with E-state index in [2.05, 4.69) is 20.4 Å². The number of carbonyl (C=O) groups excluding carboxylic acids is 1. The molecule has 0 fully saturated rings. The monoisotopic (exact) mass is 408 g/mol. The van der Waals surface area contributed by atoms with E-state index < -0.39 is 6.36 Å². The Morgan fingerprint density at radius 3 is 2.59 bits per heavy atom. The van der Waals surface area contributed by atoms with Crippen LogP contribution in [0.2, 0.25) is 0 Å². The van der Waals surface area contributed by atoms with Crippen molar-refractivity contribution >= 4 is 23.2 Å². The van der Waals surface area contributed by atoms with Gasteiger partial charge in [0.05, 0.1) is 6.54 Å². The first-order valence-corrected chi connectivity index (χ1v) is 8.77. The second-order valence-electron chi connectivity index (χ2n) is 6.18. The molecule has 1 heterocycles. The highest BCUT2D eigenvalue weighted by Gasteiger charge is 2.30. The van der Waals surface area contributed by atoms with Crippen molar-refractivity contribution < 1.29 is 27.4 Å². The third-order valence-corrected chi connectivity index (χ3v) is 3.97. The average Bonchev–Trinajstić information content (AvgIpc) is 2.66. The van der Waals surface area contributed by atoms with Gasteiger partial charge in [0.25, 0.3) is 0 Å². The fourth-order valence-electron chi connectivity index (χ4n) is 2.71. The number of guanidine groups is 1. The average molecular weight is 408 g/mol. The third kappa shape index (κ3) is 6.30. The van der Waals surface area contributed by atoms with E-state index >= 15 is 0 Å². The van der Waals surface area contributed by atoms with Crippen LogP contribution in [-0.2, 0) is 11.2 Å². The number of aryl methyl sites for hydroxylation is 1. The summed E-state index contributed by atoms with van der Waals surface area (Å²) in [4.78, 5) is 15.5. The van der Waals surface area contributed by atoms with E-state index in [1.54, 1.807) is 12.1 Å². The number of halogens is 3. The van der Waals surface area contributed by atoms with Crippen molar-refractivity contribution in [2.75, 3.05) is 23.8 Å². The summed E-state index contributed by atoms with van der Waals surface area (Å²) in [5, 5.41) is 5.57. The van der Waals surface area contributed by atoms with E-state index in [9.17, 15) is 18.0 Å². The number of benzene rings is 2. The number of nitrogens with two attached hydrogens (primary N) is 1. The van der Waals surface area contributed by atoms with Crippen LogP contribution in [0, 0.1) is 0 Å². The van der Waals surface area contributed by atoms with E-state index in [1.165, 1.54) is 24.3 Å². The van der Waals surface area contributed by atoms with Gasteiger partial charge in [0.1, 0.15) is 18.1 Å². The van der Waals surface area contributed by atoms with Gasteiger partial charge in [-0.05, 0) is 54.4 Å².